The van der Waals surface area contributed by atoms with Crippen molar-refractivity contribution >= 4 is 17.9 Å². The number of nitrogens with zero attached hydrogens (tertiary/aromatic N) is 1. The van der Waals surface area contributed by atoms with E-state index in [0.29, 0.717) is 43.4 Å². The molecule has 7 nitrogen and oxygen atoms in total. The first kappa shape index (κ1) is 41.1. The van der Waals surface area contributed by atoms with Crippen molar-refractivity contribution in [2.24, 2.45) is 17.8 Å². The Balaban J connectivity index is 4.50. The summed E-state index contributed by atoms with van der Waals surface area (Å²) < 4.78 is 0.575. The number of rotatable bonds is 31. The summed E-state index contributed by atoms with van der Waals surface area (Å²) in [5.41, 5.74) is 0. The molecule has 3 unspecified atom stereocenters. The number of quaternary nitrogens is 1. The summed E-state index contributed by atoms with van der Waals surface area (Å²) in [7, 11) is 0. The van der Waals surface area contributed by atoms with Gasteiger partial charge in [-0.05, 0) is 38.5 Å². The van der Waals surface area contributed by atoms with E-state index < -0.39 is 35.7 Å². The highest BCUT2D eigenvalue weighted by atomic mass is 16.4. The lowest BCUT2D eigenvalue weighted by atomic mass is 10.0. The van der Waals surface area contributed by atoms with Crippen LogP contribution in [0.5, 0.6) is 0 Å². The van der Waals surface area contributed by atoms with Gasteiger partial charge in [0.2, 0.25) is 0 Å². The van der Waals surface area contributed by atoms with Crippen LogP contribution in [0.25, 0.3) is 0 Å². The third-order valence-electron chi connectivity index (χ3n) is 9.25. The molecule has 0 amide bonds. The number of carbonyl (C=O) groups is 3. The van der Waals surface area contributed by atoms with E-state index in [0.717, 1.165) is 38.6 Å². The van der Waals surface area contributed by atoms with Gasteiger partial charge in [0.25, 0.3) is 0 Å². The standard InChI is InChI=1S/C36H67NO6/c1-5-6-7-8-9-10-11-12-13-14-15-16-17-18-19-20-21-22-23-27-37(28-24-31(2)34(38)39,29-25-32(3)35(40)41)30-26-33(4)36(42)43/h17-18,31-33H,5-16,19-30H2,1-4H3,(H2-,38,39,40,41,42,43)/b18-17+. The number of allylic oxidation sites excluding steroid dienone is 2. The van der Waals surface area contributed by atoms with Crippen molar-refractivity contribution in [3.05, 3.63) is 12.2 Å². The second-order valence-electron chi connectivity index (χ2n) is 13.3. The van der Waals surface area contributed by atoms with Crippen molar-refractivity contribution in [1.29, 1.82) is 0 Å². The monoisotopic (exact) mass is 609 g/mol. The average molecular weight is 610 g/mol. The Morgan fingerprint density at radius 2 is 0.907 bits per heavy atom. The van der Waals surface area contributed by atoms with Gasteiger partial charge in [0, 0.05) is 31.1 Å². The van der Waals surface area contributed by atoms with Gasteiger partial charge in [0.05, 0.1) is 38.0 Å². The number of hydrogen-bond donors (Lipinski definition) is 2. The molecule has 0 aromatic rings. The number of carbonyl (C=O) groups excluding carboxylic acids is 1. The smallest absolute Gasteiger partial charge is 0.306 e. The van der Waals surface area contributed by atoms with Crippen molar-refractivity contribution in [2.75, 3.05) is 26.2 Å². The molecule has 0 aliphatic heterocycles. The number of unbranched alkanes of at least 4 members (excludes halogenated alkanes) is 15. The van der Waals surface area contributed by atoms with Crippen molar-refractivity contribution in [2.45, 2.75) is 156 Å². The van der Waals surface area contributed by atoms with E-state index in [1.54, 1.807) is 20.8 Å². The molecule has 0 radical (unpaired) electrons. The highest BCUT2D eigenvalue weighted by Gasteiger charge is 2.30. The highest BCUT2D eigenvalue weighted by Crippen LogP contribution is 2.22. The topological polar surface area (TPSA) is 115 Å². The maximum absolute atomic E-state index is 11.5. The van der Waals surface area contributed by atoms with Crippen LogP contribution >= 0.6 is 0 Å². The van der Waals surface area contributed by atoms with Crippen LogP contribution in [-0.2, 0) is 14.4 Å². The van der Waals surface area contributed by atoms with E-state index in [1.807, 2.05) is 0 Å². The molecule has 0 saturated carbocycles. The minimum absolute atomic E-state index is 0.440. The zero-order chi connectivity index (χ0) is 32.3. The summed E-state index contributed by atoms with van der Waals surface area (Å²) in [4.78, 5) is 34.4. The minimum atomic E-state index is -1.08. The molecular formula is C36H67NO6. The Labute approximate surface area is 264 Å². The first-order valence-electron chi connectivity index (χ1n) is 17.7. The quantitative estimate of drug-likeness (QED) is 0.0467. The third-order valence-corrected chi connectivity index (χ3v) is 9.25. The Kier molecular flexibility index (Phi) is 25.3. The number of aliphatic carboxylic acids is 3. The molecule has 2 N–H and O–H groups in total. The van der Waals surface area contributed by atoms with E-state index in [1.165, 1.54) is 77.0 Å². The lowest BCUT2D eigenvalue weighted by molar-refractivity contribution is -0.929. The second-order valence-corrected chi connectivity index (χ2v) is 13.3. The summed E-state index contributed by atoms with van der Waals surface area (Å²) in [5.74, 6) is -4.33. The lowest BCUT2D eigenvalue weighted by Crippen LogP contribution is -2.52. The van der Waals surface area contributed by atoms with Gasteiger partial charge in [-0.25, -0.2) is 0 Å². The van der Waals surface area contributed by atoms with Gasteiger partial charge in [0.15, 0.2) is 0 Å². The molecule has 0 aromatic carbocycles. The molecule has 0 aromatic heterocycles. The maximum Gasteiger partial charge on any atom is 0.306 e. The molecule has 7 heteroatoms. The molecule has 0 aliphatic carbocycles. The zero-order valence-corrected chi connectivity index (χ0v) is 28.3. The molecule has 0 spiro atoms. The summed E-state index contributed by atoms with van der Waals surface area (Å²) in [6.07, 6.45) is 27.7. The van der Waals surface area contributed by atoms with Crippen molar-refractivity contribution in [3.63, 3.8) is 0 Å². The van der Waals surface area contributed by atoms with Crippen molar-refractivity contribution in [1.82, 2.24) is 0 Å². The summed E-state index contributed by atoms with van der Waals surface area (Å²) in [6, 6.07) is 0. The van der Waals surface area contributed by atoms with E-state index in [2.05, 4.69) is 19.1 Å². The van der Waals surface area contributed by atoms with Gasteiger partial charge in [-0.2, -0.15) is 0 Å². The molecule has 0 heterocycles. The molecule has 3 atom stereocenters. The van der Waals surface area contributed by atoms with Crippen LogP contribution in [0.3, 0.4) is 0 Å². The zero-order valence-electron chi connectivity index (χ0n) is 28.3. The van der Waals surface area contributed by atoms with Crippen LogP contribution < -0.4 is 5.11 Å². The van der Waals surface area contributed by atoms with E-state index in [9.17, 15) is 29.7 Å². The van der Waals surface area contributed by atoms with Gasteiger partial charge in [0.1, 0.15) is 0 Å². The first-order chi connectivity index (χ1) is 20.5. The van der Waals surface area contributed by atoms with E-state index in [-0.39, 0.29) is 0 Å². The molecule has 0 rings (SSSR count). The third kappa shape index (κ3) is 23.2. The Bertz CT molecular complexity index is 692. The fourth-order valence-corrected chi connectivity index (χ4v) is 5.66. The van der Waals surface area contributed by atoms with Crippen molar-refractivity contribution in [3.8, 4) is 0 Å². The van der Waals surface area contributed by atoms with E-state index in [4.69, 9.17) is 0 Å². The number of carboxylic acids is 3. The van der Waals surface area contributed by atoms with Gasteiger partial charge in [-0.1, -0.05) is 110 Å². The Morgan fingerprint density at radius 1 is 0.558 bits per heavy atom. The summed E-state index contributed by atoms with van der Waals surface area (Å²) in [6.45, 7) is 9.94. The van der Waals surface area contributed by atoms with Gasteiger partial charge in [-0.15, -0.1) is 0 Å². The van der Waals surface area contributed by atoms with Crippen LogP contribution in [0.15, 0.2) is 12.2 Å². The van der Waals surface area contributed by atoms with E-state index >= 15 is 0 Å². The Hall–Kier alpha value is -1.89. The average Bonchev–Trinajstić information content (AvgIpc) is 2.97. The second kappa shape index (κ2) is 26.5. The number of carboxylic acid groups (broad SMARTS) is 3. The fraction of sp³-hybridized carbons (Fsp3) is 0.861. The van der Waals surface area contributed by atoms with Gasteiger partial charge >= 0.3 is 11.9 Å². The SMILES string of the molecule is CCCCCCCCCCCCC/C=C/CCCCCC[N+](CCC(C)C(=O)[O-])(CCC(C)C(=O)O)CCC(C)C(=O)O. The molecular weight excluding hydrogens is 542 g/mol. The van der Waals surface area contributed by atoms with Crippen LogP contribution in [0.2, 0.25) is 0 Å². The molecule has 0 aliphatic rings. The maximum atomic E-state index is 11.5. The van der Waals surface area contributed by atoms with Crippen LogP contribution in [0.4, 0.5) is 0 Å². The predicted molar refractivity (Wildman–Crippen MR) is 175 cm³/mol. The highest BCUT2D eigenvalue weighted by molar-refractivity contribution is 5.69. The molecule has 252 valence electrons. The molecule has 0 bridgehead atoms. The summed E-state index contributed by atoms with van der Waals surface area (Å²) in [5, 5.41) is 30.2. The van der Waals surface area contributed by atoms with Crippen LogP contribution in [-0.4, -0.2) is 58.8 Å². The molecule has 0 saturated heterocycles. The number of hydrogen-bond acceptors (Lipinski definition) is 4. The van der Waals surface area contributed by atoms with Crippen LogP contribution in [0.1, 0.15) is 156 Å². The van der Waals surface area contributed by atoms with Crippen molar-refractivity contribution < 1.29 is 34.2 Å². The molecule has 0 fully saturated rings. The molecule has 43 heavy (non-hydrogen) atoms. The predicted octanol–water partition coefficient (Wildman–Crippen LogP) is 8.01. The summed E-state index contributed by atoms with van der Waals surface area (Å²) >= 11 is 0. The fourth-order valence-electron chi connectivity index (χ4n) is 5.66. The first-order valence-corrected chi connectivity index (χ1v) is 17.7. The minimum Gasteiger partial charge on any atom is -0.550 e. The normalized spacial score (nSPS) is 15.3. The van der Waals surface area contributed by atoms with Crippen LogP contribution in [0, 0.1) is 17.8 Å². The lowest BCUT2D eigenvalue weighted by Gasteiger charge is -2.41. The van der Waals surface area contributed by atoms with Gasteiger partial charge < -0.3 is 24.6 Å². The largest absolute Gasteiger partial charge is 0.550 e. The van der Waals surface area contributed by atoms with Gasteiger partial charge in [-0.3, -0.25) is 9.59 Å². The Morgan fingerprint density at radius 3 is 1.28 bits per heavy atom.